The van der Waals surface area contributed by atoms with E-state index in [0.29, 0.717) is 11.4 Å². The fourth-order valence-electron chi connectivity index (χ4n) is 1.08. The van der Waals surface area contributed by atoms with Gasteiger partial charge in [-0.2, -0.15) is 0 Å². The van der Waals surface area contributed by atoms with E-state index in [4.69, 9.17) is 4.74 Å². The van der Waals surface area contributed by atoms with Gasteiger partial charge in [-0.15, -0.1) is 12.4 Å². The van der Waals surface area contributed by atoms with Crippen LogP contribution < -0.4 is 15.4 Å². The standard InChI is InChI=1S/C10H13BrN2O2.ClH/c1-12-6-10(14)13-9-5-7(15-2)3-4-8(9)11;/h3-5,12H,6H2,1-2H3,(H,13,14);1H. The third kappa shape index (κ3) is 4.38. The maximum atomic E-state index is 11.3. The molecule has 0 aliphatic rings. The zero-order valence-corrected chi connectivity index (χ0v) is 11.4. The van der Waals surface area contributed by atoms with Crippen LogP contribution in [0.4, 0.5) is 5.69 Å². The average molecular weight is 310 g/mol. The molecule has 1 amide bonds. The summed E-state index contributed by atoms with van der Waals surface area (Å²) in [7, 11) is 3.31. The topological polar surface area (TPSA) is 50.4 Å². The van der Waals surface area contributed by atoms with E-state index >= 15 is 0 Å². The van der Waals surface area contributed by atoms with Crippen molar-refractivity contribution in [2.45, 2.75) is 0 Å². The third-order valence-electron chi connectivity index (χ3n) is 1.78. The number of methoxy groups -OCH3 is 1. The number of ether oxygens (including phenoxy) is 1. The highest BCUT2D eigenvalue weighted by atomic mass is 79.9. The first-order chi connectivity index (χ1) is 7.17. The first-order valence-corrected chi connectivity index (χ1v) is 5.24. The van der Waals surface area contributed by atoms with Crippen molar-refractivity contribution in [3.05, 3.63) is 22.7 Å². The van der Waals surface area contributed by atoms with Gasteiger partial charge in [-0.1, -0.05) is 0 Å². The number of rotatable bonds is 4. The van der Waals surface area contributed by atoms with Crippen LogP contribution in [0.3, 0.4) is 0 Å². The van der Waals surface area contributed by atoms with E-state index < -0.39 is 0 Å². The van der Waals surface area contributed by atoms with E-state index in [9.17, 15) is 4.79 Å². The van der Waals surface area contributed by atoms with Crippen molar-refractivity contribution in [3.63, 3.8) is 0 Å². The summed E-state index contributed by atoms with van der Waals surface area (Å²) in [5, 5.41) is 5.53. The molecular weight excluding hydrogens is 295 g/mol. The number of carbonyl (C=O) groups excluding carboxylic acids is 1. The van der Waals surface area contributed by atoms with Crippen LogP contribution in [0.15, 0.2) is 22.7 Å². The molecule has 90 valence electrons. The maximum absolute atomic E-state index is 11.3. The van der Waals surface area contributed by atoms with Gasteiger partial charge in [0.05, 0.1) is 19.3 Å². The predicted octanol–water partition coefficient (Wildman–Crippen LogP) is 2.04. The Labute approximate surface area is 109 Å². The lowest BCUT2D eigenvalue weighted by Crippen LogP contribution is -2.25. The molecule has 0 radical (unpaired) electrons. The number of anilines is 1. The van der Waals surface area contributed by atoms with Gasteiger partial charge >= 0.3 is 0 Å². The first kappa shape index (κ1) is 15.2. The lowest BCUT2D eigenvalue weighted by atomic mass is 10.3. The summed E-state index contributed by atoms with van der Waals surface area (Å²) in [5.74, 6) is 0.615. The summed E-state index contributed by atoms with van der Waals surface area (Å²) in [6.45, 7) is 0.281. The zero-order chi connectivity index (χ0) is 11.3. The average Bonchev–Trinajstić information content (AvgIpc) is 2.21. The summed E-state index contributed by atoms with van der Waals surface area (Å²) < 4.78 is 5.89. The van der Waals surface area contributed by atoms with Crippen molar-refractivity contribution in [1.82, 2.24) is 5.32 Å². The molecule has 6 heteroatoms. The summed E-state index contributed by atoms with van der Waals surface area (Å²) >= 11 is 3.35. The Balaban J connectivity index is 0.00000225. The molecule has 1 aromatic carbocycles. The van der Waals surface area contributed by atoms with Crippen molar-refractivity contribution < 1.29 is 9.53 Å². The number of halogens is 2. The Hall–Kier alpha value is -0.780. The minimum Gasteiger partial charge on any atom is -0.497 e. The van der Waals surface area contributed by atoms with Gasteiger partial charge in [0.2, 0.25) is 5.91 Å². The van der Waals surface area contributed by atoms with Gasteiger partial charge in [-0.25, -0.2) is 0 Å². The molecular formula is C10H14BrClN2O2. The van der Waals surface area contributed by atoms with Crippen LogP contribution in [0.1, 0.15) is 0 Å². The van der Waals surface area contributed by atoms with Crippen molar-refractivity contribution in [3.8, 4) is 5.75 Å². The Morgan fingerprint density at radius 3 is 2.75 bits per heavy atom. The normalized spacial score (nSPS) is 9.19. The van der Waals surface area contributed by atoms with Gasteiger partial charge in [0, 0.05) is 10.5 Å². The number of hydrogen-bond donors (Lipinski definition) is 2. The van der Waals surface area contributed by atoms with Crippen molar-refractivity contribution in [2.75, 3.05) is 26.0 Å². The molecule has 0 aliphatic heterocycles. The second kappa shape index (κ2) is 7.49. The molecule has 1 rings (SSSR count). The molecule has 2 N–H and O–H groups in total. The van der Waals surface area contributed by atoms with Gasteiger partial charge in [0.15, 0.2) is 0 Å². The van der Waals surface area contributed by atoms with Gasteiger partial charge in [0.25, 0.3) is 0 Å². The Morgan fingerprint density at radius 1 is 1.50 bits per heavy atom. The number of benzene rings is 1. The van der Waals surface area contributed by atoms with E-state index in [1.54, 1.807) is 20.2 Å². The molecule has 0 aromatic heterocycles. The second-order valence-electron chi connectivity index (χ2n) is 2.92. The first-order valence-electron chi connectivity index (χ1n) is 4.45. The Morgan fingerprint density at radius 2 is 2.19 bits per heavy atom. The molecule has 0 unspecified atom stereocenters. The molecule has 4 nitrogen and oxygen atoms in total. The molecule has 0 fully saturated rings. The minimum absolute atomic E-state index is 0. The lowest BCUT2D eigenvalue weighted by molar-refractivity contribution is -0.115. The summed E-state index contributed by atoms with van der Waals surface area (Å²) in [6, 6.07) is 5.41. The number of hydrogen-bond acceptors (Lipinski definition) is 3. The smallest absolute Gasteiger partial charge is 0.238 e. The van der Waals surface area contributed by atoms with E-state index in [1.165, 1.54) is 0 Å². The number of carbonyl (C=O) groups is 1. The fraction of sp³-hybridized carbons (Fsp3) is 0.300. The van der Waals surface area contributed by atoms with Crippen LogP contribution in [-0.2, 0) is 4.79 Å². The van der Waals surface area contributed by atoms with Crippen LogP contribution in [0.2, 0.25) is 0 Å². The molecule has 0 heterocycles. The monoisotopic (exact) mass is 308 g/mol. The zero-order valence-electron chi connectivity index (χ0n) is 9.04. The van der Waals surface area contributed by atoms with Crippen molar-refractivity contribution in [1.29, 1.82) is 0 Å². The predicted molar refractivity (Wildman–Crippen MR) is 70.5 cm³/mol. The molecule has 0 bridgehead atoms. The number of amides is 1. The summed E-state index contributed by atoms with van der Waals surface area (Å²) in [5.41, 5.74) is 0.703. The van der Waals surface area contributed by atoms with Crippen LogP contribution in [0.5, 0.6) is 5.75 Å². The summed E-state index contributed by atoms with van der Waals surface area (Å²) in [6.07, 6.45) is 0. The number of nitrogens with one attached hydrogen (secondary N) is 2. The van der Waals surface area contributed by atoms with Crippen LogP contribution >= 0.6 is 28.3 Å². The minimum atomic E-state index is -0.0912. The van der Waals surface area contributed by atoms with Crippen LogP contribution in [-0.4, -0.2) is 26.6 Å². The Bertz CT molecular complexity index is 361. The SMILES string of the molecule is CNCC(=O)Nc1cc(OC)ccc1Br.Cl. The van der Waals surface area contributed by atoms with Gasteiger partial charge in [0.1, 0.15) is 5.75 Å². The largest absolute Gasteiger partial charge is 0.497 e. The highest BCUT2D eigenvalue weighted by Crippen LogP contribution is 2.26. The van der Waals surface area contributed by atoms with Crippen molar-refractivity contribution in [2.24, 2.45) is 0 Å². The second-order valence-corrected chi connectivity index (χ2v) is 3.78. The van der Waals surface area contributed by atoms with Gasteiger partial charge in [-0.05, 0) is 35.1 Å². The quantitative estimate of drug-likeness (QED) is 0.895. The maximum Gasteiger partial charge on any atom is 0.238 e. The van der Waals surface area contributed by atoms with Gasteiger partial charge < -0.3 is 15.4 Å². The van der Waals surface area contributed by atoms with Gasteiger partial charge in [-0.3, -0.25) is 4.79 Å². The molecule has 0 saturated carbocycles. The third-order valence-corrected chi connectivity index (χ3v) is 2.48. The molecule has 0 spiro atoms. The molecule has 0 saturated heterocycles. The lowest BCUT2D eigenvalue weighted by Gasteiger charge is -2.08. The summed E-state index contributed by atoms with van der Waals surface area (Å²) in [4.78, 5) is 11.3. The Kier molecular flexibility index (Phi) is 7.12. The highest BCUT2D eigenvalue weighted by Gasteiger charge is 2.05. The van der Waals surface area contributed by atoms with E-state index in [0.717, 1.165) is 4.47 Å². The van der Waals surface area contributed by atoms with E-state index in [2.05, 4.69) is 26.6 Å². The molecule has 0 atom stereocenters. The van der Waals surface area contributed by atoms with Crippen LogP contribution in [0, 0.1) is 0 Å². The molecule has 1 aromatic rings. The van der Waals surface area contributed by atoms with Crippen molar-refractivity contribution >= 4 is 39.9 Å². The van der Waals surface area contributed by atoms with E-state index in [1.807, 2.05) is 12.1 Å². The fourth-order valence-corrected chi connectivity index (χ4v) is 1.43. The number of likely N-dealkylation sites (N-methyl/N-ethyl adjacent to an activating group) is 1. The highest BCUT2D eigenvalue weighted by molar-refractivity contribution is 9.10. The van der Waals surface area contributed by atoms with Crippen LogP contribution in [0.25, 0.3) is 0 Å². The molecule has 16 heavy (non-hydrogen) atoms. The molecule has 0 aliphatic carbocycles. The van der Waals surface area contributed by atoms with E-state index in [-0.39, 0.29) is 24.9 Å².